The van der Waals surface area contributed by atoms with E-state index in [1.807, 2.05) is 6.07 Å². The molecule has 2 aromatic rings. The van der Waals surface area contributed by atoms with E-state index < -0.39 is 6.09 Å². The Hall–Kier alpha value is -2.47. The second-order valence-electron chi connectivity index (χ2n) is 5.42. The molecule has 0 fully saturated rings. The van der Waals surface area contributed by atoms with Gasteiger partial charge in [-0.05, 0) is 35.9 Å². The fourth-order valence-corrected chi connectivity index (χ4v) is 3.05. The summed E-state index contributed by atoms with van der Waals surface area (Å²) in [7, 11) is 1.52. The molecule has 0 aliphatic carbocycles. The Bertz CT molecular complexity index is 796. The normalized spacial score (nSPS) is 15.5. The van der Waals surface area contributed by atoms with Gasteiger partial charge in [0.1, 0.15) is 23.4 Å². The van der Waals surface area contributed by atoms with Crippen molar-refractivity contribution >= 4 is 17.7 Å². The molecule has 0 radical (unpaired) electrons. The molecule has 1 heterocycles. The monoisotopic (exact) mass is 351 g/mol. The Labute approximate surface area is 143 Å². The van der Waals surface area contributed by atoms with Gasteiger partial charge in [0.2, 0.25) is 0 Å². The van der Waals surface area contributed by atoms with E-state index in [2.05, 4.69) is 5.32 Å². The molecule has 0 saturated heterocycles. The maximum atomic E-state index is 13.6. The number of hydrogen-bond acceptors (Lipinski definition) is 3. The number of benzene rings is 2. The fourth-order valence-electron chi connectivity index (χ4n) is 2.76. The van der Waals surface area contributed by atoms with Crippen LogP contribution >= 0.6 is 11.6 Å². The van der Waals surface area contributed by atoms with Crippen molar-refractivity contribution in [1.29, 1.82) is 0 Å². The van der Waals surface area contributed by atoms with Crippen LogP contribution in [-0.4, -0.2) is 31.0 Å². The zero-order valence-electron chi connectivity index (χ0n) is 12.8. The van der Waals surface area contributed by atoms with Gasteiger partial charge >= 0.3 is 6.09 Å². The van der Waals surface area contributed by atoms with E-state index in [1.54, 1.807) is 12.1 Å². The highest BCUT2D eigenvalue weighted by atomic mass is 35.5. The van der Waals surface area contributed by atoms with Crippen molar-refractivity contribution in [3.05, 3.63) is 46.7 Å². The summed E-state index contributed by atoms with van der Waals surface area (Å²) in [4.78, 5) is 10.6. The van der Waals surface area contributed by atoms with Crippen molar-refractivity contribution < 1.29 is 23.8 Å². The van der Waals surface area contributed by atoms with Gasteiger partial charge in [0, 0.05) is 17.5 Å². The summed E-state index contributed by atoms with van der Waals surface area (Å²) < 4.78 is 24.6. The summed E-state index contributed by atoms with van der Waals surface area (Å²) in [6, 6.07) is 7.82. The number of fused-ring (bicyclic) bond motifs is 1. The van der Waals surface area contributed by atoms with E-state index in [4.69, 9.17) is 26.2 Å². The number of methoxy groups -OCH3 is 1. The third-order valence-electron chi connectivity index (χ3n) is 3.81. The van der Waals surface area contributed by atoms with Crippen LogP contribution in [0.25, 0.3) is 11.1 Å². The summed E-state index contributed by atoms with van der Waals surface area (Å²) >= 11 is 6.29. The quantitative estimate of drug-likeness (QED) is 0.880. The highest BCUT2D eigenvalue weighted by Crippen LogP contribution is 2.41. The molecule has 7 heteroatoms. The van der Waals surface area contributed by atoms with E-state index in [1.165, 1.54) is 19.2 Å². The minimum Gasteiger partial charge on any atom is -0.496 e. The van der Waals surface area contributed by atoms with Crippen LogP contribution in [0.3, 0.4) is 0 Å². The summed E-state index contributed by atoms with van der Waals surface area (Å²) in [5.41, 5.74) is 2.15. The minimum atomic E-state index is -1.11. The zero-order valence-corrected chi connectivity index (χ0v) is 13.6. The predicted octanol–water partition coefficient (Wildman–Crippen LogP) is 3.73. The molecule has 2 aromatic carbocycles. The molecule has 24 heavy (non-hydrogen) atoms. The summed E-state index contributed by atoms with van der Waals surface area (Å²) in [5.74, 6) is 0.700. The van der Waals surface area contributed by atoms with Gasteiger partial charge in [-0.3, -0.25) is 0 Å². The van der Waals surface area contributed by atoms with Gasteiger partial charge in [-0.15, -0.1) is 0 Å². The average Bonchev–Trinajstić information content (AvgIpc) is 2.96. The van der Waals surface area contributed by atoms with Crippen LogP contribution in [0.1, 0.15) is 5.56 Å². The molecule has 1 aliphatic rings. The maximum absolute atomic E-state index is 13.6. The standard InChI is InChI=1S/C17H15ClFNO4/c1-23-15-3-2-11(19)7-13(15)9-4-10-5-12(8-20-17(21)22)24-16(10)14(18)6-9/h2-4,6-7,12,20H,5,8H2,1H3,(H,21,22). The van der Waals surface area contributed by atoms with Gasteiger partial charge < -0.3 is 19.9 Å². The Balaban J connectivity index is 1.93. The van der Waals surface area contributed by atoms with E-state index in [0.717, 1.165) is 5.56 Å². The van der Waals surface area contributed by atoms with Crippen molar-refractivity contribution in [3.63, 3.8) is 0 Å². The number of rotatable bonds is 4. The highest BCUT2D eigenvalue weighted by molar-refractivity contribution is 6.32. The van der Waals surface area contributed by atoms with Crippen LogP contribution in [0.4, 0.5) is 9.18 Å². The number of halogens is 2. The smallest absolute Gasteiger partial charge is 0.404 e. The minimum absolute atomic E-state index is 0.166. The van der Waals surface area contributed by atoms with Crippen LogP contribution in [0.2, 0.25) is 5.02 Å². The Kier molecular flexibility index (Phi) is 4.49. The molecule has 1 atom stereocenters. The first kappa shape index (κ1) is 16.4. The Morgan fingerprint density at radius 2 is 2.25 bits per heavy atom. The van der Waals surface area contributed by atoms with Gasteiger partial charge in [-0.25, -0.2) is 9.18 Å². The average molecular weight is 352 g/mol. The van der Waals surface area contributed by atoms with Gasteiger partial charge in [0.15, 0.2) is 0 Å². The van der Waals surface area contributed by atoms with E-state index in [0.29, 0.717) is 34.1 Å². The van der Waals surface area contributed by atoms with Gasteiger partial charge in [-0.2, -0.15) is 0 Å². The Morgan fingerprint density at radius 3 is 2.96 bits per heavy atom. The van der Waals surface area contributed by atoms with Crippen molar-refractivity contribution in [2.45, 2.75) is 12.5 Å². The molecule has 1 amide bonds. The van der Waals surface area contributed by atoms with Crippen LogP contribution in [0.5, 0.6) is 11.5 Å². The largest absolute Gasteiger partial charge is 0.496 e. The zero-order chi connectivity index (χ0) is 17.3. The van der Waals surface area contributed by atoms with E-state index >= 15 is 0 Å². The van der Waals surface area contributed by atoms with Crippen LogP contribution in [0, 0.1) is 5.82 Å². The number of ether oxygens (including phenoxy) is 2. The summed E-state index contributed by atoms with van der Waals surface area (Å²) in [6.45, 7) is 0.166. The molecule has 126 valence electrons. The third-order valence-corrected chi connectivity index (χ3v) is 4.09. The SMILES string of the molecule is COc1ccc(F)cc1-c1cc(Cl)c2c(c1)CC(CNC(=O)O)O2. The van der Waals surface area contributed by atoms with Crippen molar-refractivity contribution in [2.24, 2.45) is 0 Å². The lowest BCUT2D eigenvalue weighted by Gasteiger charge is -2.12. The lowest BCUT2D eigenvalue weighted by Crippen LogP contribution is -2.33. The first-order valence-corrected chi connectivity index (χ1v) is 7.65. The molecule has 3 rings (SSSR count). The molecule has 0 aromatic heterocycles. The van der Waals surface area contributed by atoms with Crippen LogP contribution in [-0.2, 0) is 6.42 Å². The van der Waals surface area contributed by atoms with Crippen molar-refractivity contribution in [1.82, 2.24) is 5.32 Å². The van der Waals surface area contributed by atoms with Gasteiger partial charge in [0.25, 0.3) is 0 Å². The first-order chi connectivity index (χ1) is 11.5. The van der Waals surface area contributed by atoms with E-state index in [9.17, 15) is 9.18 Å². The topological polar surface area (TPSA) is 67.8 Å². The van der Waals surface area contributed by atoms with Crippen molar-refractivity contribution in [3.8, 4) is 22.6 Å². The van der Waals surface area contributed by atoms with Gasteiger partial charge in [-0.1, -0.05) is 11.6 Å². The number of nitrogens with one attached hydrogen (secondary N) is 1. The molecular weight excluding hydrogens is 337 g/mol. The molecular formula is C17H15ClFNO4. The van der Waals surface area contributed by atoms with Crippen LogP contribution < -0.4 is 14.8 Å². The fraction of sp³-hybridized carbons (Fsp3) is 0.235. The second kappa shape index (κ2) is 6.57. The van der Waals surface area contributed by atoms with E-state index in [-0.39, 0.29) is 18.5 Å². The molecule has 1 unspecified atom stereocenters. The molecule has 0 spiro atoms. The van der Waals surface area contributed by atoms with Gasteiger partial charge in [0.05, 0.1) is 18.7 Å². The third kappa shape index (κ3) is 3.23. The molecule has 1 aliphatic heterocycles. The number of amides is 1. The Morgan fingerprint density at radius 1 is 1.46 bits per heavy atom. The lowest BCUT2D eigenvalue weighted by atomic mass is 10.00. The summed E-state index contributed by atoms with van der Waals surface area (Å²) in [6.07, 6.45) is -0.912. The number of hydrogen-bond donors (Lipinski definition) is 2. The first-order valence-electron chi connectivity index (χ1n) is 7.27. The summed E-state index contributed by atoms with van der Waals surface area (Å²) in [5, 5.41) is 11.4. The molecule has 0 bridgehead atoms. The lowest BCUT2D eigenvalue weighted by molar-refractivity contribution is 0.181. The maximum Gasteiger partial charge on any atom is 0.404 e. The predicted molar refractivity (Wildman–Crippen MR) is 87.5 cm³/mol. The molecule has 5 nitrogen and oxygen atoms in total. The molecule has 2 N–H and O–H groups in total. The number of carbonyl (C=O) groups is 1. The highest BCUT2D eigenvalue weighted by Gasteiger charge is 2.26. The molecule has 0 saturated carbocycles. The second-order valence-corrected chi connectivity index (χ2v) is 5.83. The van der Waals surface area contributed by atoms with Crippen molar-refractivity contribution in [2.75, 3.05) is 13.7 Å². The van der Waals surface area contributed by atoms with Crippen LogP contribution in [0.15, 0.2) is 30.3 Å². The number of carboxylic acid groups (broad SMARTS) is 1.